The van der Waals surface area contributed by atoms with Crippen LogP contribution in [0.5, 0.6) is 11.6 Å². The van der Waals surface area contributed by atoms with E-state index in [0.29, 0.717) is 5.75 Å². The van der Waals surface area contributed by atoms with E-state index >= 15 is 0 Å². The smallest absolute Gasteiger partial charge is 0.372 e. The van der Waals surface area contributed by atoms with Gasteiger partial charge in [0, 0.05) is 0 Å². The van der Waals surface area contributed by atoms with Crippen LogP contribution in [0.25, 0.3) is 0 Å². The van der Waals surface area contributed by atoms with Crippen molar-refractivity contribution in [2.75, 3.05) is 5.73 Å². The van der Waals surface area contributed by atoms with Gasteiger partial charge in [-0.15, -0.1) is 0 Å². The van der Waals surface area contributed by atoms with Crippen molar-refractivity contribution in [3.63, 3.8) is 0 Å². The minimum atomic E-state index is -0.652. The van der Waals surface area contributed by atoms with Gasteiger partial charge in [-0.25, -0.2) is 4.98 Å². The number of unbranched alkanes of at least 4 members (excludes halogenated alkanes) is 1. The van der Waals surface area contributed by atoms with E-state index in [9.17, 15) is 10.1 Å². The largest absolute Gasteiger partial charge is 0.434 e. The Morgan fingerprint density at radius 2 is 2.00 bits per heavy atom. The maximum Gasteiger partial charge on any atom is 0.372 e. The van der Waals surface area contributed by atoms with Crippen LogP contribution >= 0.6 is 0 Å². The number of nitrogen functional groups attached to an aromatic ring is 1. The molecule has 0 aliphatic carbocycles. The summed E-state index contributed by atoms with van der Waals surface area (Å²) >= 11 is 0. The lowest BCUT2D eigenvalue weighted by atomic mass is 10.1. The summed E-state index contributed by atoms with van der Waals surface area (Å²) in [5.41, 5.74) is 6.25. The molecule has 21 heavy (non-hydrogen) atoms. The lowest BCUT2D eigenvalue weighted by molar-refractivity contribution is -0.385. The molecule has 7 nitrogen and oxygen atoms in total. The van der Waals surface area contributed by atoms with Crippen molar-refractivity contribution in [1.29, 1.82) is 0 Å². The number of benzene rings is 1. The molecule has 0 spiro atoms. The van der Waals surface area contributed by atoms with Crippen LogP contribution in [-0.2, 0) is 6.42 Å². The molecule has 0 bridgehead atoms. The van der Waals surface area contributed by atoms with Crippen molar-refractivity contribution in [1.82, 2.24) is 9.97 Å². The molecule has 2 rings (SSSR count). The summed E-state index contributed by atoms with van der Waals surface area (Å²) < 4.78 is 5.44. The highest BCUT2D eigenvalue weighted by Gasteiger charge is 2.22. The van der Waals surface area contributed by atoms with E-state index in [1.165, 1.54) is 5.56 Å². The van der Waals surface area contributed by atoms with Gasteiger partial charge in [0.05, 0.1) is 4.92 Å². The SMILES string of the molecule is CCCCc1ccc(Oc2ncnc(N)c2[N+](=O)[O-])cc1. The average molecular weight is 288 g/mol. The van der Waals surface area contributed by atoms with Crippen molar-refractivity contribution in [2.24, 2.45) is 0 Å². The zero-order valence-electron chi connectivity index (χ0n) is 11.7. The van der Waals surface area contributed by atoms with Crippen LogP contribution < -0.4 is 10.5 Å². The van der Waals surface area contributed by atoms with Gasteiger partial charge in [0.2, 0.25) is 5.82 Å². The molecular formula is C14H16N4O3. The third kappa shape index (κ3) is 3.65. The Bertz CT molecular complexity index is 629. The Morgan fingerprint density at radius 3 is 2.62 bits per heavy atom. The van der Waals surface area contributed by atoms with Crippen molar-refractivity contribution in [3.05, 3.63) is 46.3 Å². The molecule has 1 heterocycles. The molecule has 110 valence electrons. The lowest BCUT2D eigenvalue weighted by Crippen LogP contribution is -2.02. The lowest BCUT2D eigenvalue weighted by Gasteiger charge is -2.06. The van der Waals surface area contributed by atoms with E-state index in [4.69, 9.17) is 10.5 Å². The molecule has 0 aliphatic heterocycles. The quantitative estimate of drug-likeness (QED) is 0.647. The Balaban J connectivity index is 2.19. The molecule has 0 unspecified atom stereocenters. The Morgan fingerprint density at radius 1 is 1.29 bits per heavy atom. The summed E-state index contributed by atoms with van der Waals surface area (Å²) in [6.45, 7) is 2.14. The molecule has 0 saturated heterocycles. The fourth-order valence-electron chi connectivity index (χ4n) is 1.84. The summed E-state index contributed by atoms with van der Waals surface area (Å²) in [7, 11) is 0. The molecule has 0 aliphatic rings. The van der Waals surface area contributed by atoms with Crippen molar-refractivity contribution >= 4 is 11.5 Å². The van der Waals surface area contributed by atoms with Crippen LogP contribution in [-0.4, -0.2) is 14.9 Å². The minimum absolute atomic E-state index is 0.159. The predicted octanol–water partition coefficient (Wildman–Crippen LogP) is 3.10. The van der Waals surface area contributed by atoms with Gasteiger partial charge in [0.1, 0.15) is 12.1 Å². The van der Waals surface area contributed by atoms with Crippen LogP contribution in [0.15, 0.2) is 30.6 Å². The number of aryl methyl sites for hydroxylation is 1. The van der Waals surface area contributed by atoms with Gasteiger partial charge in [-0.3, -0.25) is 10.1 Å². The highest BCUT2D eigenvalue weighted by Crippen LogP contribution is 2.32. The Labute approximate surface area is 121 Å². The first-order valence-corrected chi connectivity index (χ1v) is 6.63. The normalized spacial score (nSPS) is 10.3. The van der Waals surface area contributed by atoms with Gasteiger partial charge in [-0.2, -0.15) is 4.98 Å². The minimum Gasteiger partial charge on any atom is -0.434 e. The number of hydrogen-bond donors (Lipinski definition) is 1. The van der Waals surface area contributed by atoms with Crippen molar-refractivity contribution in [2.45, 2.75) is 26.2 Å². The molecule has 0 atom stereocenters. The summed E-state index contributed by atoms with van der Waals surface area (Å²) in [5, 5.41) is 11.0. The summed E-state index contributed by atoms with van der Waals surface area (Å²) in [6.07, 6.45) is 4.38. The van der Waals surface area contributed by atoms with Crippen LogP contribution in [0.4, 0.5) is 11.5 Å². The fourth-order valence-corrected chi connectivity index (χ4v) is 1.84. The van der Waals surface area contributed by atoms with E-state index in [1.807, 2.05) is 12.1 Å². The van der Waals surface area contributed by atoms with E-state index in [0.717, 1.165) is 25.6 Å². The molecule has 2 N–H and O–H groups in total. The first-order chi connectivity index (χ1) is 10.1. The zero-order valence-corrected chi connectivity index (χ0v) is 11.7. The second-order valence-electron chi connectivity index (χ2n) is 4.52. The summed E-state index contributed by atoms with van der Waals surface area (Å²) in [4.78, 5) is 17.7. The second-order valence-corrected chi connectivity index (χ2v) is 4.52. The van der Waals surface area contributed by atoms with E-state index < -0.39 is 10.6 Å². The van der Waals surface area contributed by atoms with Crippen molar-refractivity contribution in [3.8, 4) is 11.6 Å². The second kappa shape index (κ2) is 6.65. The first kappa shape index (κ1) is 14.7. The number of rotatable bonds is 6. The Kier molecular flexibility index (Phi) is 4.65. The molecule has 0 amide bonds. The number of nitrogens with two attached hydrogens (primary N) is 1. The summed E-state index contributed by atoms with van der Waals surface area (Å²) in [5.74, 6) is 0.0924. The van der Waals surface area contributed by atoms with Gasteiger partial charge in [0.15, 0.2) is 0 Å². The Hall–Kier alpha value is -2.70. The summed E-state index contributed by atoms with van der Waals surface area (Å²) in [6, 6.07) is 7.38. The van der Waals surface area contributed by atoms with Crippen LogP contribution in [0, 0.1) is 10.1 Å². The molecule has 1 aromatic heterocycles. The highest BCUT2D eigenvalue weighted by atomic mass is 16.6. The van der Waals surface area contributed by atoms with Crippen molar-refractivity contribution < 1.29 is 9.66 Å². The monoisotopic (exact) mass is 288 g/mol. The third-order valence-corrected chi connectivity index (χ3v) is 2.96. The molecule has 1 aromatic carbocycles. The van der Waals surface area contributed by atoms with E-state index in [1.54, 1.807) is 12.1 Å². The number of nitro groups is 1. The fraction of sp³-hybridized carbons (Fsp3) is 0.286. The number of anilines is 1. The molecule has 0 fully saturated rings. The van der Waals surface area contributed by atoms with Gasteiger partial charge in [-0.1, -0.05) is 25.5 Å². The average Bonchev–Trinajstić information content (AvgIpc) is 2.46. The zero-order chi connectivity index (χ0) is 15.2. The molecule has 2 aromatic rings. The molecule has 0 radical (unpaired) electrons. The highest BCUT2D eigenvalue weighted by molar-refractivity contribution is 5.58. The molecular weight excluding hydrogens is 272 g/mol. The molecule has 0 saturated carbocycles. The van der Waals surface area contributed by atoms with Crippen LogP contribution in [0.3, 0.4) is 0 Å². The predicted molar refractivity (Wildman–Crippen MR) is 78.2 cm³/mol. The number of ether oxygens (including phenoxy) is 1. The number of aromatic nitrogens is 2. The molecule has 7 heteroatoms. The standard InChI is InChI=1S/C14H16N4O3/c1-2-3-4-10-5-7-11(8-6-10)21-14-12(18(19)20)13(15)16-9-17-14/h5-9H,2-4H2,1H3,(H2,15,16,17). The van der Waals surface area contributed by atoms with Gasteiger partial charge in [-0.05, 0) is 30.5 Å². The third-order valence-electron chi connectivity index (χ3n) is 2.96. The van der Waals surface area contributed by atoms with Crippen LogP contribution in [0.1, 0.15) is 25.3 Å². The van der Waals surface area contributed by atoms with Gasteiger partial charge < -0.3 is 10.5 Å². The van der Waals surface area contributed by atoms with Gasteiger partial charge >= 0.3 is 11.6 Å². The van der Waals surface area contributed by atoms with Crippen LogP contribution in [0.2, 0.25) is 0 Å². The number of nitrogens with zero attached hydrogens (tertiary/aromatic N) is 3. The van der Waals surface area contributed by atoms with E-state index in [2.05, 4.69) is 16.9 Å². The maximum atomic E-state index is 11.0. The maximum absolute atomic E-state index is 11.0. The first-order valence-electron chi connectivity index (χ1n) is 6.63. The van der Waals surface area contributed by atoms with Gasteiger partial charge in [0.25, 0.3) is 0 Å². The van der Waals surface area contributed by atoms with E-state index in [-0.39, 0.29) is 11.7 Å². The topological polar surface area (TPSA) is 104 Å². The number of hydrogen-bond acceptors (Lipinski definition) is 6.